The highest BCUT2D eigenvalue weighted by atomic mass is 32.2. The molecular weight excluding hydrogens is 448 g/mol. The van der Waals surface area contributed by atoms with E-state index < -0.39 is 10.0 Å². The zero-order valence-corrected chi connectivity index (χ0v) is 20.2. The predicted octanol–water partition coefficient (Wildman–Crippen LogP) is 2.53. The summed E-state index contributed by atoms with van der Waals surface area (Å²) in [5.41, 5.74) is 0.844. The molecule has 0 saturated carbocycles. The monoisotopic (exact) mass is 478 g/mol. The molecule has 9 nitrogen and oxygen atoms in total. The fourth-order valence-corrected chi connectivity index (χ4v) is 4.57. The third kappa shape index (κ3) is 5.69. The number of ether oxygens (including phenoxy) is 4. The van der Waals surface area contributed by atoms with Gasteiger partial charge >= 0.3 is 0 Å². The van der Waals surface area contributed by atoms with E-state index in [1.165, 1.54) is 19.2 Å². The standard InChI is InChI=1S/C23H30N2O7S/c1-5-25(15-17-7-9-19(29-3)21(13-17)30-4)23(26)16-24(2)33(27,28)18-8-10-20-22(14-18)32-12-6-11-31-20/h7-10,13-14H,5-6,11-12,15-16H2,1-4H3. The van der Waals surface area contributed by atoms with Gasteiger partial charge in [-0.05, 0) is 36.8 Å². The summed E-state index contributed by atoms with van der Waals surface area (Å²) >= 11 is 0. The molecular formula is C23H30N2O7S. The smallest absolute Gasteiger partial charge is 0.243 e. The number of rotatable bonds is 9. The zero-order valence-electron chi connectivity index (χ0n) is 19.4. The maximum atomic E-state index is 13.1. The van der Waals surface area contributed by atoms with Crippen molar-refractivity contribution >= 4 is 15.9 Å². The maximum Gasteiger partial charge on any atom is 0.243 e. The number of benzene rings is 2. The Kier molecular flexibility index (Phi) is 8.04. The van der Waals surface area contributed by atoms with Gasteiger partial charge in [-0.1, -0.05) is 6.07 Å². The third-order valence-corrected chi connectivity index (χ3v) is 7.14. The van der Waals surface area contributed by atoms with Crippen LogP contribution in [0.5, 0.6) is 23.0 Å². The minimum atomic E-state index is -3.90. The molecule has 0 unspecified atom stereocenters. The van der Waals surface area contributed by atoms with Gasteiger partial charge in [-0.15, -0.1) is 0 Å². The summed E-state index contributed by atoms with van der Waals surface area (Å²) in [5, 5.41) is 0. The van der Waals surface area contributed by atoms with Crippen molar-refractivity contribution in [1.29, 1.82) is 0 Å². The summed E-state index contributed by atoms with van der Waals surface area (Å²) in [5.74, 6) is 1.74. The molecule has 0 aliphatic carbocycles. The lowest BCUT2D eigenvalue weighted by molar-refractivity contribution is -0.131. The van der Waals surface area contributed by atoms with Crippen molar-refractivity contribution in [1.82, 2.24) is 9.21 Å². The minimum Gasteiger partial charge on any atom is -0.493 e. The van der Waals surface area contributed by atoms with Crippen LogP contribution in [-0.4, -0.2) is 71.1 Å². The van der Waals surface area contributed by atoms with Crippen molar-refractivity contribution < 1.29 is 32.2 Å². The number of carbonyl (C=O) groups is 1. The van der Waals surface area contributed by atoms with Crippen molar-refractivity contribution in [3.05, 3.63) is 42.0 Å². The van der Waals surface area contributed by atoms with Gasteiger partial charge in [0.1, 0.15) is 0 Å². The van der Waals surface area contributed by atoms with Gasteiger partial charge in [0.05, 0.1) is 38.9 Å². The molecule has 1 heterocycles. The van der Waals surface area contributed by atoms with E-state index in [0.29, 0.717) is 49.3 Å². The molecule has 0 aromatic heterocycles. The summed E-state index contributed by atoms with van der Waals surface area (Å²) in [4.78, 5) is 14.6. The highest BCUT2D eigenvalue weighted by Crippen LogP contribution is 2.33. The molecule has 1 amide bonds. The van der Waals surface area contributed by atoms with Crippen molar-refractivity contribution in [3.63, 3.8) is 0 Å². The van der Waals surface area contributed by atoms with Gasteiger partial charge in [-0.25, -0.2) is 8.42 Å². The molecule has 0 saturated heterocycles. The molecule has 33 heavy (non-hydrogen) atoms. The number of amides is 1. The molecule has 0 radical (unpaired) electrons. The van der Waals surface area contributed by atoms with E-state index in [4.69, 9.17) is 18.9 Å². The summed E-state index contributed by atoms with van der Waals surface area (Å²) in [6.45, 7) is 3.25. The number of methoxy groups -OCH3 is 2. The Hall–Kier alpha value is -2.98. The molecule has 3 rings (SSSR count). The van der Waals surface area contributed by atoms with E-state index in [2.05, 4.69) is 0 Å². The third-order valence-electron chi connectivity index (χ3n) is 5.34. The fraction of sp³-hybridized carbons (Fsp3) is 0.435. The van der Waals surface area contributed by atoms with Gasteiger partial charge in [-0.3, -0.25) is 4.79 Å². The maximum absolute atomic E-state index is 13.1. The Morgan fingerprint density at radius 3 is 2.36 bits per heavy atom. The summed E-state index contributed by atoms with van der Waals surface area (Å²) in [6.07, 6.45) is 0.720. The van der Waals surface area contributed by atoms with Gasteiger partial charge < -0.3 is 23.8 Å². The van der Waals surface area contributed by atoms with Crippen LogP contribution in [0.3, 0.4) is 0 Å². The number of carbonyl (C=O) groups excluding carboxylic acids is 1. The quantitative estimate of drug-likeness (QED) is 0.547. The molecule has 0 N–H and O–H groups in total. The fourth-order valence-electron chi connectivity index (χ4n) is 3.44. The van der Waals surface area contributed by atoms with Crippen LogP contribution in [-0.2, 0) is 21.4 Å². The Morgan fingerprint density at radius 1 is 1.00 bits per heavy atom. The van der Waals surface area contributed by atoms with Crippen LogP contribution in [0.1, 0.15) is 18.9 Å². The van der Waals surface area contributed by atoms with Crippen LogP contribution in [0, 0.1) is 0 Å². The largest absolute Gasteiger partial charge is 0.493 e. The van der Waals surface area contributed by atoms with Gasteiger partial charge in [0, 0.05) is 32.6 Å². The first kappa shape index (κ1) is 24.7. The van der Waals surface area contributed by atoms with E-state index in [1.54, 1.807) is 37.3 Å². The van der Waals surface area contributed by atoms with Crippen LogP contribution in [0.25, 0.3) is 0 Å². The summed E-state index contributed by atoms with van der Waals surface area (Å²) in [7, 11) is 0.589. The molecule has 0 spiro atoms. The molecule has 0 atom stereocenters. The van der Waals surface area contributed by atoms with E-state index in [0.717, 1.165) is 16.3 Å². The molecule has 1 aliphatic heterocycles. The Labute approximate surface area is 194 Å². The normalized spacial score (nSPS) is 13.4. The Morgan fingerprint density at radius 2 is 1.70 bits per heavy atom. The average Bonchev–Trinajstić information content (AvgIpc) is 3.07. The SMILES string of the molecule is CCN(Cc1ccc(OC)c(OC)c1)C(=O)CN(C)S(=O)(=O)c1ccc2c(c1)OCCCO2. The minimum absolute atomic E-state index is 0.0463. The first-order valence-corrected chi connectivity index (χ1v) is 12.1. The zero-order chi connectivity index (χ0) is 24.0. The van der Waals surface area contributed by atoms with Crippen LogP contribution >= 0.6 is 0 Å². The van der Waals surface area contributed by atoms with E-state index in [9.17, 15) is 13.2 Å². The molecule has 1 aliphatic rings. The van der Waals surface area contributed by atoms with Crippen LogP contribution in [0.2, 0.25) is 0 Å². The van der Waals surface area contributed by atoms with Gasteiger partial charge in [0.15, 0.2) is 23.0 Å². The van der Waals surface area contributed by atoms with Gasteiger partial charge in [-0.2, -0.15) is 4.31 Å². The summed E-state index contributed by atoms with van der Waals surface area (Å²) in [6, 6.07) is 9.90. The number of likely N-dealkylation sites (N-methyl/N-ethyl adjacent to an activating group) is 2. The Balaban J connectivity index is 1.72. The molecule has 180 valence electrons. The van der Waals surface area contributed by atoms with Crippen molar-refractivity contribution in [3.8, 4) is 23.0 Å². The second-order valence-electron chi connectivity index (χ2n) is 7.52. The number of hydrogen-bond donors (Lipinski definition) is 0. The number of hydrogen-bond acceptors (Lipinski definition) is 7. The van der Waals surface area contributed by atoms with E-state index in [1.807, 2.05) is 13.0 Å². The molecule has 0 bridgehead atoms. The van der Waals surface area contributed by atoms with Crippen molar-refractivity contribution in [2.24, 2.45) is 0 Å². The first-order chi connectivity index (χ1) is 15.8. The highest BCUT2D eigenvalue weighted by molar-refractivity contribution is 7.89. The van der Waals surface area contributed by atoms with E-state index >= 15 is 0 Å². The Bertz CT molecular complexity index is 1090. The van der Waals surface area contributed by atoms with Crippen LogP contribution in [0.15, 0.2) is 41.3 Å². The lowest BCUT2D eigenvalue weighted by atomic mass is 10.2. The van der Waals surface area contributed by atoms with Gasteiger partial charge in [0.2, 0.25) is 15.9 Å². The van der Waals surface area contributed by atoms with Crippen LogP contribution in [0.4, 0.5) is 0 Å². The van der Waals surface area contributed by atoms with Crippen molar-refractivity contribution in [2.75, 3.05) is 47.6 Å². The highest BCUT2D eigenvalue weighted by Gasteiger charge is 2.26. The molecule has 10 heteroatoms. The topological polar surface area (TPSA) is 94.6 Å². The van der Waals surface area contributed by atoms with Gasteiger partial charge in [0.25, 0.3) is 0 Å². The van der Waals surface area contributed by atoms with E-state index in [-0.39, 0.29) is 17.3 Å². The van der Waals surface area contributed by atoms with Crippen LogP contribution < -0.4 is 18.9 Å². The molecule has 2 aromatic carbocycles. The van der Waals surface area contributed by atoms with Crippen molar-refractivity contribution in [2.45, 2.75) is 24.8 Å². The second kappa shape index (κ2) is 10.8. The number of sulfonamides is 1. The number of nitrogens with zero attached hydrogens (tertiary/aromatic N) is 2. The molecule has 0 fully saturated rings. The second-order valence-corrected chi connectivity index (χ2v) is 9.56. The average molecular weight is 479 g/mol. The lowest BCUT2D eigenvalue weighted by Crippen LogP contribution is -2.40. The predicted molar refractivity (Wildman–Crippen MR) is 123 cm³/mol. The lowest BCUT2D eigenvalue weighted by Gasteiger charge is -2.25. The number of fused-ring (bicyclic) bond motifs is 1. The first-order valence-electron chi connectivity index (χ1n) is 10.6. The summed E-state index contributed by atoms with van der Waals surface area (Å²) < 4.78 is 49.0. The molecule has 2 aromatic rings.